The minimum Gasteiger partial charge on any atom is -0.0622 e. The van der Waals surface area contributed by atoms with Crippen molar-refractivity contribution in [2.45, 2.75) is 40.0 Å². The van der Waals surface area contributed by atoms with Gasteiger partial charge in [0.2, 0.25) is 0 Å². The van der Waals surface area contributed by atoms with Gasteiger partial charge in [0.1, 0.15) is 0 Å². The van der Waals surface area contributed by atoms with Gasteiger partial charge in [-0.25, -0.2) is 0 Å². The molecule has 0 radical (unpaired) electrons. The maximum absolute atomic E-state index is 2.40. The zero-order valence-corrected chi connectivity index (χ0v) is 43.4. The van der Waals surface area contributed by atoms with Crippen molar-refractivity contribution in [1.29, 1.82) is 0 Å². The Morgan fingerprint density at radius 2 is 0.658 bits per heavy atom. The van der Waals surface area contributed by atoms with E-state index in [1.54, 1.807) is 0 Å². The molecule has 362 valence electrons. The van der Waals surface area contributed by atoms with Crippen LogP contribution >= 0.6 is 0 Å². The molecule has 0 heterocycles. The van der Waals surface area contributed by atoms with Crippen molar-refractivity contribution in [2.24, 2.45) is 0 Å². The Morgan fingerprint density at radius 3 is 1.22 bits per heavy atom. The van der Waals surface area contributed by atoms with Gasteiger partial charge in [-0.3, -0.25) is 0 Å². The van der Waals surface area contributed by atoms with E-state index in [-0.39, 0.29) is 0 Å². The third-order valence-electron chi connectivity index (χ3n) is 15.9. The second-order valence-electron chi connectivity index (χ2n) is 20.9. The summed E-state index contributed by atoms with van der Waals surface area (Å²) in [7, 11) is 0. The monoisotopic (exact) mass is 970 g/mol. The molecule has 0 unspecified atom stereocenters. The Balaban J connectivity index is 0.000000112. The van der Waals surface area contributed by atoms with Crippen molar-refractivity contribution in [1.82, 2.24) is 0 Å². The van der Waals surface area contributed by atoms with Crippen LogP contribution in [0.15, 0.2) is 261 Å². The summed E-state index contributed by atoms with van der Waals surface area (Å²) in [5.74, 6) is 0. The first-order valence-electron chi connectivity index (χ1n) is 26.9. The summed E-state index contributed by atoms with van der Waals surface area (Å²) in [5.41, 5.74) is 26.0. The highest BCUT2D eigenvalue weighted by Gasteiger charge is 2.27. The molecule has 13 aromatic rings. The van der Waals surface area contributed by atoms with Gasteiger partial charge in [0.25, 0.3) is 0 Å². The fourth-order valence-electron chi connectivity index (χ4n) is 12.2. The number of hydrogen-bond donors (Lipinski definition) is 0. The first-order chi connectivity index (χ1) is 37.4. The molecule has 76 heavy (non-hydrogen) atoms. The SMILES string of the molecule is Cc1ccc(-c2cccc(-c3ccccc3)c2)cc1.Cc1cccc(-c2cc3ccccc3c3c2CCc2ccc4ccccc4c2-3)c1.Cc1cccc(-c2cc3ccccc3c3c2Cc2ccc4ccccc4c2-3)c1. The second kappa shape index (κ2) is 20.0. The van der Waals surface area contributed by atoms with Gasteiger partial charge in [-0.15, -0.1) is 0 Å². The molecule has 0 heteroatoms. The van der Waals surface area contributed by atoms with E-state index in [0.717, 1.165) is 19.3 Å². The van der Waals surface area contributed by atoms with Crippen LogP contribution in [-0.2, 0) is 19.3 Å². The van der Waals surface area contributed by atoms with Crippen LogP contribution < -0.4 is 0 Å². The highest BCUT2D eigenvalue weighted by atomic mass is 14.3. The van der Waals surface area contributed by atoms with Gasteiger partial charge in [0.15, 0.2) is 0 Å². The fourth-order valence-corrected chi connectivity index (χ4v) is 12.2. The zero-order valence-electron chi connectivity index (χ0n) is 43.4. The number of aryl methyl sites for hydroxylation is 4. The Kier molecular flexibility index (Phi) is 12.3. The molecule has 0 atom stereocenters. The normalized spacial score (nSPS) is 12.0. The second-order valence-corrected chi connectivity index (χ2v) is 20.9. The third-order valence-corrected chi connectivity index (χ3v) is 15.9. The lowest BCUT2D eigenvalue weighted by atomic mass is 9.77. The van der Waals surface area contributed by atoms with Crippen LogP contribution in [0.5, 0.6) is 0 Å². The lowest BCUT2D eigenvalue weighted by molar-refractivity contribution is 0.950. The highest BCUT2D eigenvalue weighted by molar-refractivity contribution is 6.13. The van der Waals surface area contributed by atoms with E-state index >= 15 is 0 Å². The van der Waals surface area contributed by atoms with E-state index in [2.05, 4.69) is 276 Å². The Bertz CT molecular complexity index is 4320. The number of fused-ring (bicyclic) bond motifs is 14. The molecule has 0 aromatic heterocycles. The number of benzene rings is 13. The molecule has 0 nitrogen and oxygen atoms in total. The van der Waals surface area contributed by atoms with Gasteiger partial charge >= 0.3 is 0 Å². The van der Waals surface area contributed by atoms with Crippen molar-refractivity contribution >= 4 is 43.1 Å². The maximum atomic E-state index is 2.40. The summed E-state index contributed by atoms with van der Waals surface area (Å²) in [5, 5.41) is 10.8. The first-order valence-corrected chi connectivity index (χ1v) is 26.9. The molecular weight excluding hydrogens is 913 g/mol. The summed E-state index contributed by atoms with van der Waals surface area (Å²) in [4.78, 5) is 0. The molecular formula is C76H58. The van der Waals surface area contributed by atoms with E-state index in [1.807, 2.05) is 6.07 Å². The molecule has 0 saturated heterocycles. The van der Waals surface area contributed by atoms with E-state index in [4.69, 9.17) is 0 Å². The first kappa shape index (κ1) is 46.7. The van der Waals surface area contributed by atoms with Crippen LogP contribution in [0.2, 0.25) is 0 Å². The molecule has 0 fully saturated rings. The van der Waals surface area contributed by atoms with Gasteiger partial charge in [-0.05, 0) is 190 Å². The lowest BCUT2D eigenvalue weighted by Gasteiger charge is -2.26. The van der Waals surface area contributed by atoms with Crippen molar-refractivity contribution in [3.63, 3.8) is 0 Å². The Labute approximate surface area is 447 Å². The van der Waals surface area contributed by atoms with Crippen LogP contribution in [-0.4, -0.2) is 0 Å². The van der Waals surface area contributed by atoms with Gasteiger partial charge in [0, 0.05) is 0 Å². The van der Waals surface area contributed by atoms with Crippen molar-refractivity contribution in [2.75, 3.05) is 0 Å². The summed E-state index contributed by atoms with van der Waals surface area (Å²) >= 11 is 0. The van der Waals surface area contributed by atoms with E-state index < -0.39 is 0 Å². The molecule has 0 bridgehead atoms. The fraction of sp³-hybridized carbons (Fsp3) is 0.0789. The van der Waals surface area contributed by atoms with E-state index in [0.29, 0.717) is 0 Å². The van der Waals surface area contributed by atoms with Crippen LogP contribution in [0.3, 0.4) is 0 Å². The standard InChI is InChI=1S/C29H22.C28H20.C19H16/c1-19-7-6-10-22(17-19)27-18-23-9-3-5-12-25(23)29-26(27)16-15-21-14-13-20-8-2-4-11-24(20)28(21)29;1-18-7-6-10-20(15-18)25-16-21-9-3-5-12-24(21)28-26(25)17-22-14-13-19-8-2-4-11-23(19)27(22)28;1-15-10-12-17(13-11-15)19-9-5-8-18(14-19)16-6-3-2-4-7-16/h2-14,17-18H,15-16H2,1H3;2-16H,17H2,1H3;2-14H,1H3. The predicted molar refractivity (Wildman–Crippen MR) is 326 cm³/mol. The van der Waals surface area contributed by atoms with Crippen molar-refractivity contribution in [3.05, 3.63) is 300 Å². The van der Waals surface area contributed by atoms with Gasteiger partial charge in [-0.1, -0.05) is 259 Å². The lowest BCUT2D eigenvalue weighted by Crippen LogP contribution is -2.07. The summed E-state index contributed by atoms with van der Waals surface area (Å²) in [6.07, 6.45) is 3.20. The molecule has 0 saturated carbocycles. The molecule has 2 aliphatic rings. The average Bonchev–Trinajstić information content (AvgIpc) is 3.95. The van der Waals surface area contributed by atoms with Crippen LogP contribution in [0.25, 0.3) is 110 Å². The number of rotatable bonds is 4. The third kappa shape index (κ3) is 8.76. The van der Waals surface area contributed by atoms with E-state index in [9.17, 15) is 0 Å². The molecule has 2 aliphatic carbocycles. The maximum Gasteiger partial charge on any atom is -0.000682 e. The molecule has 0 amide bonds. The van der Waals surface area contributed by atoms with Crippen LogP contribution in [0, 0.1) is 20.8 Å². The molecule has 0 N–H and O–H groups in total. The summed E-state index contributed by atoms with van der Waals surface area (Å²) in [6, 6.07) is 95.1. The van der Waals surface area contributed by atoms with Gasteiger partial charge in [0.05, 0.1) is 0 Å². The largest absolute Gasteiger partial charge is 0.0622 e. The van der Waals surface area contributed by atoms with Crippen LogP contribution in [0.4, 0.5) is 0 Å². The Morgan fingerprint density at radius 1 is 0.237 bits per heavy atom. The Hall–Kier alpha value is -9.10. The molecule has 15 rings (SSSR count). The van der Waals surface area contributed by atoms with Gasteiger partial charge in [-0.2, -0.15) is 0 Å². The smallest absolute Gasteiger partial charge is 0.000682 e. The van der Waals surface area contributed by atoms with Gasteiger partial charge < -0.3 is 0 Å². The predicted octanol–water partition coefficient (Wildman–Crippen LogP) is 20.6. The highest BCUT2D eigenvalue weighted by Crippen LogP contribution is 2.50. The van der Waals surface area contributed by atoms with Crippen LogP contribution in [0.1, 0.15) is 38.9 Å². The topological polar surface area (TPSA) is 0 Å². The summed E-state index contributed by atoms with van der Waals surface area (Å²) in [6.45, 7) is 6.47. The quantitative estimate of drug-likeness (QED) is 0.165. The van der Waals surface area contributed by atoms with E-state index in [1.165, 1.54) is 149 Å². The minimum atomic E-state index is 1.00. The minimum absolute atomic E-state index is 1.00. The van der Waals surface area contributed by atoms with Crippen molar-refractivity contribution < 1.29 is 0 Å². The summed E-state index contributed by atoms with van der Waals surface area (Å²) < 4.78 is 0. The molecule has 0 aliphatic heterocycles. The molecule has 13 aromatic carbocycles. The average molecular weight is 971 g/mol. The number of hydrogen-bond acceptors (Lipinski definition) is 0. The molecule has 0 spiro atoms. The zero-order chi connectivity index (χ0) is 51.1. The van der Waals surface area contributed by atoms with Crippen molar-refractivity contribution in [3.8, 4) is 66.8 Å².